The van der Waals surface area contributed by atoms with E-state index in [4.69, 9.17) is 11.6 Å². The van der Waals surface area contributed by atoms with E-state index < -0.39 is 6.04 Å². The Balaban J connectivity index is 1.84. The number of imide groups is 1. The summed E-state index contributed by atoms with van der Waals surface area (Å²) in [6, 6.07) is 6.65. The second kappa shape index (κ2) is 6.99. The monoisotopic (exact) mass is 336 g/mol. The second-order valence-corrected chi connectivity index (χ2v) is 6.55. The van der Waals surface area contributed by atoms with Crippen molar-refractivity contribution in [2.24, 2.45) is 0 Å². The van der Waals surface area contributed by atoms with Crippen molar-refractivity contribution in [3.05, 3.63) is 29.3 Å². The molecule has 0 aliphatic carbocycles. The number of hydrogen-bond donors (Lipinski definition) is 1. The molecule has 23 heavy (non-hydrogen) atoms. The van der Waals surface area contributed by atoms with E-state index in [9.17, 15) is 14.7 Å². The predicted octanol–water partition coefficient (Wildman–Crippen LogP) is 2.21. The summed E-state index contributed by atoms with van der Waals surface area (Å²) in [6.07, 6.45) is 3.91. The van der Waals surface area contributed by atoms with Crippen LogP contribution in [0.5, 0.6) is 0 Å². The van der Waals surface area contributed by atoms with Gasteiger partial charge in [0.05, 0.1) is 23.2 Å². The number of amides is 2. The number of hydrogen-bond acceptors (Lipinski definition) is 4. The molecule has 2 atom stereocenters. The average molecular weight is 337 g/mol. The second-order valence-electron chi connectivity index (χ2n) is 6.14. The van der Waals surface area contributed by atoms with Crippen molar-refractivity contribution in [3.63, 3.8) is 0 Å². The van der Waals surface area contributed by atoms with E-state index in [1.54, 1.807) is 24.3 Å². The Morgan fingerprint density at radius 2 is 2.00 bits per heavy atom. The number of anilines is 1. The van der Waals surface area contributed by atoms with Crippen molar-refractivity contribution in [1.82, 2.24) is 4.90 Å². The summed E-state index contributed by atoms with van der Waals surface area (Å²) in [5.41, 5.74) is 0.461. The highest BCUT2D eigenvalue weighted by molar-refractivity contribution is 6.36. The first kappa shape index (κ1) is 16.4. The van der Waals surface area contributed by atoms with E-state index >= 15 is 0 Å². The molecule has 1 aromatic carbocycles. The van der Waals surface area contributed by atoms with Gasteiger partial charge in [-0.1, -0.05) is 30.2 Å². The van der Waals surface area contributed by atoms with Crippen LogP contribution in [-0.2, 0) is 9.59 Å². The number of carbonyl (C=O) groups is 2. The van der Waals surface area contributed by atoms with Crippen LogP contribution in [0.1, 0.15) is 32.1 Å². The molecular formula is C17H21ClN2O3. The molecule has 0 aromatic heterocycles. The number of piperidine rings is 1. The van der Waals surface area contributed by atoms with Crippen LogP contribution in [-0.4, -0.2) is 47.1 Å². The minimum Gasteiger partial charge on any atom is -0.396 e. The fourth-order valence-corrected chi connectivity index (χ4v) is 3.87. The topological polar surface area (TPSA) is 60.9 Å². The fraction of sp³-hybridized carbons (Fsp3) is 0.529. The van der Waals surface area contributed by atoms with Crippen molar-refractivity contribution < 1.29 is 14.7 Å². The van der Waals surface area contributed by atoms with E-state index in [2.05, 4.69) is 4.90 Å². The van der Waals surface area contributed by atoms with Gasteiger partial charge < -0.3 is 5.11 Å². The molecule has 2 aliphatic heterocycles. The number of nitrogens with zero attached hydrogens (tertiary/aromatic N) is 2. The zero-order valence-corrected chi connectivity index (χ0v) is 13.7. The minimum atomic E-state index is -0.435. The van der Waals surface area contributed by atoms with Gasteiger partial charge in [0.2, 0.25) is 5.91 Å². The van der Waals surface area contributed by atoms with E-state index in [0.29, 0.717) is 17.1 Å². The first-order valence-corrected chi connectivity index (χ1v) is 8.49. The van der Waals surface area contributed by atoms with Crippen molar-refractivity contribution in [1.29, 1.82) is 0 Å². The number of carbonyl (C=O) groups excluding carboxylic acids is 2. The van der Waals surface area contributed by atoms with Gasteiger partial charge in [0.15, 0.2) is 0 Å². The smallest absolute Gasteiger partial charge is 0.251 e. The summed E-state index contributed by atoms with van der Waals surface area (Å²) < 4.78 is 0. The molecule has 2 saturated heterocycles. The van der Waals surface area contributed by atoms with E-state index in [1.165, 1.54) is 4.90 Å². The summed E-state index contributed by atoms with van der Waals surface area (Å²) >= 11 is 6.15. The quantitative estimate of drug-likeness (QED) is 0.856. The van der Waals surface area contributed by atoms with Gasteiger partial charge in [-0.3, -0.25) is 14.5 Å². The normalized spacial score (nSPS) is 26.1. The lowest BCUT2D eigenvalue weighted by Crippen LogP contribution is -2.50. The van der Waals surface area contributed by atoms with Gasteiger partial charge in [0, 0.05) is 12.6 Å². The lowest BCUT2D eigenvalue weighted by atomic mass is 9.97. The van der Waals surface area contributed by atoms with E-state index in [0.717, 1.165) is 25.8 Å². The minimum absolute atomic E-state index is 0.101. The van der Waals surface area contributed by atoms with Crippen LogP contribution in [0.2, 0.25) is 5.02 Å². The van der Waals surface area contributed by atoms with Crippen LogP contribution in [0.3, 0.4) is 0 Å². The highest BCUT2D eigenvalue weighted by Gasteiger charge is 2.45. The molecule has 1 aromatic rings. The molecule has 0 radical (unpaired) electrons. The van der Waals surface area contributed by atoms with Gasteiger partial charge in [-0.2, -0.15) is 0 Å². The molecule has 3 rings (SSSR count). The lowest BCUT2D eigenvalue weighted by molar-refractivity contribution is -0.123. The number of aliphatic hydroxyl groups excluding tert-OH is 1. The molecule has 5 nitrogen and oxygen atoms in total. The molecule has 0 unspecified atom stereocenters. The molecule has 6 heteroatoms. The molecule has 2 fully saturated rings. The molecule has 2 amide bonds. The Bertz CT molecular complexity index is 605. The summed E-state index contributed by atoms with van der Waals surface area (Å²) in [5, 5.41) is 9.66. The summed E-state index contributed by atoms with van der Waals surface area (Å²) in [7, 11) is 0. The molecule has 2 heterocycles. The third kappa shape index (κ3) is 3.13. The van der Waals surface area contributed by atoms with Gasteiger partial charge in [-0.15, -0.1) is 0 Å². The van der Waals surface area contributed by atoms with Gasteiger partial charge in [-0.05, 0) is 37.9 Å². The summed E-state index contributed by atoms with van der Waals surface area (Å²) in [5.74, 6) is -0.408. The number of halogens is 1. The molecule has 0 bridgehead atoms. The Labute approximate surface area is 140 Å². The molecule has 124 valence electrons. The fourth-order valence-electron chi connectivity index (χ4n) is 3.65. The molecule has 0 saturated carbocycles. The van der Waals surface area contributed by atoms with Crippen molar-refractivity contribution in [3.8, 4) is 0 Å². The Kier molecular flexibility index (Phi) is 4.99. The SMILES string of the molecule is O=C1C[C@@H](N2CCCC[C@@H]2CCO)C(=O)N1c1ccccc1Cl. The summed E-state index contributed by atoms with van der Waals surface area (Å²) in [4.78, 5) is 28.6. The zero-order valence-electron chi connectivity index (χ0n) is 12.9. The van der Waals surface area contributed by atoms with Crippen LogP contribution in [0.4, 0.5) is 5.69 Å². The predicted molar refractivity (Wildman–Crippen MR) is 88.4 cm³/mol. The number of para-hydroxylation sites is 1. The summed E-state index contributed by atoms with van der Waals surface area (Å²) in [6.45, 7) is 0.898. The third-order valence-corrected chi connectivity index (χ3v) is 5.07. The molecule has 2 aliphatic rings. The number of likely N-dealkylation sites (tertiary alicyclic amines) is 1. The maximum atomic E-state index is 12.9. The number of rotatable bonds is 4. The van der Waals surface area contributed by atoms with Crippen molar-refractivity contribution in [2.75, 3.05) is 18.1 Å². The molecule has 0 spiro atoms. The number of benzene rings is 1. The maximum absolute atomic E-state index is 12.9. The standard InChI is InChI=1S/C17H21ClN2O3/c18-13-6-1-2-7-14(13)20-16(22)11-15(17(20)23)19-9-4-3-5-12(19)8-10-21/h1-2,6-7,12,15,21H,3-5,8-11H2/t12-,15-/m1/s1. The zero-order chi connectivity index (χ0) is 16.4. The first-order valence-electron chi connectivity index (χ1n) is 8.11. The number of aliphatic hydroxyl groups is 1. The first-order chi connectivity index (χ1) is 11.1. The van der Waals surface area contributed by atoms with Crippen LogP contribution in [0, 0.1) is 0 Å². The van der Waals surface area contributed by atoms with Crippen LogP contribution >= 0.6 is 11.6 Å². The van der Waals surface area contributed by atoms with Crippen LogP contribution in [0.25, 0.3) is 0 Å². The van der Waals surface area contributed by atoms with Crippen LogP contribution < -0.4 is 4.90 Å². The van der Waals surface area contributed by atoms with E-state index in [1.807, 2.05) is 0 Å². The van der Waals surface area contributed by atoms with Gasteiger partial charge in [0.25, 0.3) is 5.91 Å². The third-order valence-electron chi connectivity index (χ3n) is 4.75. The Morgan fingerprint density at radius 1 is 1.22 bits per heavy atom. The van der Waals surface area contributed by atoms with Gasteiger partial charge >= 0.3 is 0 Å². The Hall–Kier alpha value is -1.43. The lowest BCUT2D eigenvalue weighted by Gasteiger charge is -2.38. The maximum Gasteiger partial charge on any atom is 0.251 e. The van der Waals surface area contributed by atoms with Gasteiger partial charge in [-0.25, -0.2) is 4.90 Å². The Morgan fingerprint density at radius 3 is 2.74 bits per heavy atom. The molecular weight excluding hydrogens is 316 g/mol. The van der Waals surface area contributed by atoms with E-state index in [-0.39, 0.29) is 30.9 Å². The highest BCUT2D eigenvalue weighted by Crippen LogP contribution is 2.33. The largest absolute Gasteiger partial charge is 0.396 e. The van der Waals surface area contributed by atoms with Gasteiger partial charge in [0.1, 0.15) is 0 Å². The van der Waals surface area contributed by atoms with Crippen LogP contribution in [0.15, 0.2) is 24.3 Å². The average Bonchev–Trinajstić information content (AvgIpc) is 2.84. The van der Waals surface area contributed by atoms with Crippen molar-refractivity contribution in [2.45, 2.75) is 44.2 Å². The highest BCUT2D eigenvalue weighted by atomic mass is 35.5. The molecule has 1 N–H and O–H groups in total. The van der Waals surface area contributed by atoms with Crippen molar-refractivity contribution >= 4 is 29.1 Å².